The third-order valence-corrected chi connectivity index (χ3v) is 3.10. The highest BCUT2D eigenvalue weighted by molar-refractivity contribution is 5.73. The highest BCUT2D eigenvalue weighted by atomic mass is 16.3. The Balaban J connectivity index is 2.27. The molecule has 1 rings (SSSR count). The van der Waals surface area contributed by atoms with Crippen molar-refractivity contribution in [2.75, 3.05) is 13.2 Å². The Morgan fingerprint density at radius 3 is 2.60 bits per heavy atom. The maximum absolute atomic E-state index is 11.7. The van der Waals surface area contributed by atoms with Crippen molar-refractivity contribution >= 4 is 6.03 Å². The normalized spacial score (nSPS) is 12.2. The maximum Gasteiger partial charge on any atom is 0.315 e. The molecule has 1 aromatic heterocycles. The molecule has 0 radical (unpaired) electrons. The van der Waals surface area contributed by atoms with Crippen LogP contribution in [0.3, 0.4) is 0 Å². The zero-order chi connectivity index (χ0) is 14.8. The van der Waals surface area contributed by atoms with Crippen molar-refractivity contribution in [2.45, 2.75) is 33.2 Å². The number of carbonyl (C=O) groups excluding carboxylic acids is 1. The van der Waals surface area contributed by atoms with E-state index in [4.69, 9.17) is 5.11 Å². The number of nitrogens with zero attached hydrogens (tertiary/aromatic N) is 1. The molecule has 0 aliphatic carbocycles. The second kappa shape index (κ2) is 9.31. The van der Waals surface area contributed by atoms with Crippen LogP contribution in [0.5, 0.6) is 0 Å². The molecule has 0 fully saturated rings. The van der Waals surface area contributed by atoms with E-state index in [1.807, 2.05) is 12.1 Å². The van der Waals surface area contributed by atoms with Crippen LogP contribution in [0.4, 0.5) is 4.79 Å². The van der Waals surface area contributed by atoms with Crippen molar-refractivity contribution < 1.29 is 9.90 Å². The smallest absolute Gasteiger partial charge is 0.315 e. The Kier molecular flexibility index (Phi) is 7.65. The lowest BCUT2D eigenvalue weighted by molar-refractivity contribution is 0.225. The van der Waals surface area contributed by atoms with Crippen LogP contribution in [-0.4, -0.2) is 29.3 Å². The molecule has 0 bridgehead atoms. The fourth-order valence-electron chi connectivity index (χ4n) is 2.14. The van der Waals surface area contributed by atoms with E-state index >= 15 is 0 Å². The molecule has 5 nitrogen and oxygen atoms in total. The zero-order valence-corrected chi connectivity index (χ0v) is 12.3. The van der Waals surface area contributed by atoms with Gasteiger partial charge in [-0.3, -0.25) is 4.98 Å². The number of pyridine rings is 1. The highest BCUT2D eigenvalue weighted by Crippen LogP contribution is 2.14. The summed E-state index contributed by atoms with van der Waals surface area (Å²) in [5.41, 5.74) is 1.02. The molecule has 0 saturated carbocycles. The van der Waals surface area contributed by atoms with E-state index in [1.54, 1.807) is 12.4 Å². The Bertz CT molecular complexity index is 382. The summed E-state index contributed by atoms with van der Waals surface area (Å²) in [5.74, 6) is 0.889. The average Bonchev–Trinajstić information content (AvgIpc) is 2.43. The third kappa shape index (κ3) is 7.09. The molecular weight excluding hydrogens is 254 g/mol. The van der Waals surface area contributed by atoms with Gasteiger partial charge in [0.15, 0.2) is 0 Å². The molecule has 5 heteroatoms. The van der Waals surface area contributed by atoms with Gasteiger partial charge >= 0.3 is 6.03 Å². The summed E-state index contributed by atoms with van der Waals surface area (Å²) in [6.45, 7) is 5.55. The molecule has 0 aliphatic rings. The molecule has 1 atom stereocenters. The first-order chi connectivity index (χ1) is 9.61. The van der Waals surface area contributed by atoms with Gasteiger partial charge in [-0.25, -0.2) is 4.79 Å². The minimum atomic E-state index is -0.173. The first-order valence-corrected chi connectivity index (χ1v) is 7.13. The first kappa shape index (κ1) is 16.4. The van der Waals surface area contributed by atoms with Crippen LogP contribution in [-0.2, 0) is 6.54 Å². The Morgan fingerprint density at radius 1 is 1.30 bits per heavy atom. The van der Waals surface area contributed by atoms with Crippen LogP contribution in [0.1, 0.15) is 32.3 Å². The fraction of sp³-hybridized carbons (Fsp3) is 0.600. The molecule has 1 aromatic rings. The van der Waals surface area contributed by atoms with E-state index in [0.29, 0.717) is 24.9 Å². The topological polar surface area (TPSA) is 74.2 Å². The lowest BCUT2D eigenvalue weighted by atomic mass is 9.94. The van der Waals surface area contributed by atoms with Gasteiger partial charge in [-0.05, 0) is 42.4 Å². The Morgan fingerprint density at radius 2 is 2.00 bits per heavy atom. The molecule has 0 aromatic carbocycles. The lowest BCUT2D eigenvalue weighted by Crippen LogP contribution is -2.38. The molecule has 0 spiro atoms. The fourth-order valence-corrected chi connectivity index (χ4v) is 2.14. The number of aromatic nitrogens is 1. The van der Waals surface area contributed by atoms with Crippen molar-refractivity contribution in [2.24, 2.45) is 11.8 Å². The van der Waals surface area contributed by atoms with Crippen molar-refractivity contribution in [3.05, 3.63) is 30.1 Å². The van der Waals surface area contributed by atoms with E-state index in [0.717, 1.165) is 18.4 Å². The number of aliphatic hydroxyl groups excluding tert-OH is 1. The van der Waals surface area contributed by atoms with E-state index in [1.165, 1.54) is 0 Å². The van der Waals surface area contributed by atoms with E-state index < -0.39 is 0 Å². The number of rotatable bonds is 8. The summed E-state index contributed by atoms with van der Waals surface area (Å²) in [5, 5.41) is 14.7. The van der Waals surface area contributed by atoms with Crippen molar-refractivity contribution in [3.63, 3.8) is 0 Å². The predicted octanol–water partition coefficient (Wildman–Crippen LogP) is 1.93. The molecule has 0 aliphatic heterocycles. The second-order valence-electron chi connectivity index (χ2n) is 5.43. The van der Waals surface area contributed by atoms with Crippen molar-refractivity contribution in [3.8, 4) is 0 Å². The van der Waals surface area contributed by atoms with Gasteiger partial charge in [-0.2, -0.15) is 0 Å². The van der Waals surface area contributed by atoms with Gasteiger partial charge in [0.2, 0.25) is 0 Å². The van der Waals surface area contributed by atoms with E-state index in [-0.39, 0.29) is 12.6 Å². The van der Waals surface area contributed by atoms with Crippen LogP contribution >= 0.6 is 0 Å². The molecule has 2 amide bonds. The monoisotopic (exact) mass is 279 g/mol. The summed E-state index contributed by atoms with van der Waals surface area (Å²) in [7, 11) is 0. The molecular formula is C15H25N3O2. The predicted molar refractivity (Wildman–Crippen MR) is 79.1 cm³/mol. The first-order valence-electron chi connectivity index (χ1n) is 7.13. The number of hydrogen-bond acceptors (Lipinski definition) is 3. The minimum Gasteiger partial charge on any atom is -0.396 e. The van der Waals surface area contributed by atoms with Crippen LogP contribution in [0.2, 0.25) is 0 Å². The van der Waals surface area contributed by atoms with Gasteiger partial charge in [-0.15, -0.1) is 0 Å². The molecule has 20 heavy (non-hydrogen) atoms. The maximum atomic E-state index is 11.7. The Hall–Kier alpha value is -1.62. The van der Waals surface area contributed by atoms with Crippen LogP contribution < -0.4 is 10.6 Å². The largest absolute Gasteiger partial charge is 0.396 e. The highest BCUT2D eigenvalue weighted by Gasteiger charge is 2.11. The third-order valence-electron chi connectivity index (χ3n) is 3.10. The second-order valence-corrected chi connectivity index (χ2v) is 5.43. The zero-order valence-electron chi connectivity index (χ0n) is 12.3. The lowest BCUT2D eigenvalue weighted by Gasteiger charge is -2.18. The molecule has 1 heterocycles. The average molecular weight is 279 g/mol. The van der Waals surface area contributed by atoms with E-state index in [2.05, 4.69) is 29.5 Å². The SMILES string of the molecule is CC(C)CC(CCO)CNC(=O)NCc1ccncc1. The summed E-state index contributed by atoms with van der Waals surface area (Å²) in [6, 6.07) is 3.56. The van der Waals surface area contributed by atoms with Gasteiger partial charge in [-0.1, -0.05) is 13.8 Å². The van der Waals surface area contributed by atoms with Gasteiger partial charge in [0, 0.05) is 32.1 Å². The Labute approximate surface area is 120 Å². The summed E-state index contributed by atoms with van der Waals surface area (Å²) in [6.07, 6.45) is 5.14. The molecule has 1 unspecified atom stereocenters. The van der Waals surface area contributed by atoms with E-state index in [9.17, 15) is 4.79 Å². The summed E-state index contributed by atoms with van der Waals surface area (Å²) >= 11 is 0. The van der Waals surface area contributed by atoms with Gasteiger partial charge < -0.3 is 15.7 Å². The number of aliphatic hydroxyl groups is 1. The summed E-state index contributed by atoms with van der Waals surface area (Å²) in [4.78, 5) is 15.6. The number of carbonyl (C=O) groups is 1. The number of urea groups is 1. The van der Waals surface area contributed by atoms with Crippen LogP contribution in [0, 0.1) is 11.8 Å². The van der Waals surface area contributed by atoms with Crippen LogP contribution in [0.15, 0.2) is 24.5 Å². The van der Waals surface area contributed by atoms with Gasteiger partial charge in [0.1, 0.15) is 0 Å². The molecule has 0 saturated heterocycles. The number of hydrogen-bond donors (Lipinski definition) is 3. The number of nitrogens with one attached hydrogen (secondary N) is 2. The van der Waals surface area contributed by atoms with Crippen molar-refractivity contribution in [1.82, 2.24) is 15.6 Å². The van der Waals surface area contributed by atoms with Gasteiger partial charge in [0.25, 0.3) is 0 Å². The molecule has 112 valence electrons. The number of amides is 2. The van der Waals surface area contributed by atoms with Gasteiger partial charge in [0.05, 0.1) is 0 Å². The minimum absolute atomic E-state index is 0.164. The molecule has 3 N–H and O–H groups in total. The summed E-state index contributed by atoms with van der Waals surface area (Å²) < 4.78 is 0. The van der Waals surface area contributed by atoms with Crippen molar-refractivity contribution in [1.29, 1.82) is 0 Å². The standard InChI is InChI=1S/C15H25N3O2/c1-12(2)9-14(5-8-19)11-18-15(20)17-10-13-3-6-16-7-4-13/h3-4,6-7,12,14,19H,5,8-11H2,1-2H3,(H2,17,18,20). The quantitative estimate of drug-likeness (QED) is 0.680. The van der Waals surface area contributed by atoms with Crippen LogP contribution in [0.25, 0.3) is 0 Å².